The second kappa shape index (κ2) is 4.27. The van der Waals surface area contributed by atoms with E-state index in [2.05, 4.69) is 15.5 Å². The first-order valence-corrected chi connectivity index (χ1v) is 4.07. The van der Waals surface area contributed by atoms with Crippen LogP contribution < -0.4 is 10.6 Å². The predicted molar refractivity (Wildman–Crippen MR) is 45.3 cm³/mol. The zero-order valence-corrected chi connectivity index (χ0v) is 7.21. The number of hydrogen-bond acceptors (Lipinski definition) is 3. The number of hydrogen-bond donors (Lipinski definition) is 3. The van der Waals surface area contributed by atoms with Gasteiger partial charge in [-0.3, -0.25) is 0 Å². The van der Waals surface area contributed by atoms with Crippen molar-refractivity contribution >= 4 is 6.09 Å². The van der Waals surface area contributed by atoms with Gasteiger partial charge in [0.1, 0.15) is 0 Å². The highest BCUT2D eigenvalue weighted by molar-refractivity contribution is 5.64. The molecule has 0 radical (unpaired) electrons. The Bertz CT molecular complexity index is 163. The summed E-state index contributed by atoms with van der Waals surface area (Å²) in [7, 11) is 1.99. The average molecular weight is 173 g/mol. The highest BCUT2D eigenvalue weighted by Gasteiger charge is 2.16. The fourth-order valence-electron chi connectivity index (χ4n) is 1.35. The Balaban J connectivity index is 2.35. The van der Waals surface area contributed by atoms with Gasteiger partial charge in [0.05, 0.1) is 6.04 Å². The van der Waals surface area contributed by atoms with Gasteiger partial charge in [0.15, 0.2) is 0 Å². The zero-order valence-electron chi connectivity index (χ0n) is 7.21. The van der Waals surface area contributed by atoms with Crippen molar-refractivity contribution in [1.29, 1.82) is 0 Å². The Kier molecular flexibility index (Phi) is 3.31. The second-order valence-electron chi connectivity index (χ2n) is 3.11. The van der Waals surface area contributed by atoms with Gasteiger partial charge in [-0.15, -0.1) is 0 Å². The van der Waals surface area contributed by atoms with E-state index in [-0.39, 0.29) is 6.04 Å². The summed E-state index contributed by atoms with van der Waals surface area (Å²) in [5, 5.41) is 14.1. The minimum absolute atomic E-state index is 0.00926. The molecule has 1 fully saturated rings. The molecule has 1 amide bonds. The topological polar surface area (TPSA) is 64.6 Å². The molecule has 70 valence electrons. The van der Waals surface area contributed by atoms with Gasteiger partial charge in [-0.1, -0.05) is 0 Å². The number of nitrogens with zero attached hydrogens (tertiary/aromatic N) is 1. The van der Waals surface area contributed by atoms with Crippen molar-refractivity contribution in [3.63, 3.8) is 0 Å². The Morgan fingerprint density at radius 3 is 3.17 bits per heavy atom. The van der Waals surface area contributed by atoms with Crippen LogP contribution in [0.25, 0.3) is 0 Å². The maximum absolute atomic E-state index is 10.3. The maximum Gasteiger partial charge on any atom is 0.404 e. The lowest BCUT2D eigenvalue weighted by molar-refractivity contribution is 0.186. The summed E-state index contributed by atoms with van der Waals surface area (Å²) in [5.74, 6) is 0. The first-order chi connectivity index (χ1) is 5.68. The van der Waals surface area contributed by atoms with E-state index in [0.29, 0.717) is 0 Å². The van der Waals surface area contributed by atoms with E-state index in [4.69, 9.17) is 5.11 Å². The third-order valence-electron chi connectivity index (χ3n) is 1.92. The minimum Gasteiger partial charge on any atom is -0.465 e. The lowest BCUT2D eigenvalue weighted by Crippen LogP contribution is -2.44. The third-order valence-corrected chi connectivity index (χ3v) is 1.92. The number of rotatable bonds is 1. The largest absolute Gasteiger partial charge is 0.465 e. The maximum atomic E-state index is 10.3. The summed E-state index contributed by atoms with van der Waals surface area (Å²) in [5.41, 5.74) is 0. The Morgan fingerprint density at radius 1 is 1.75 bits per heavy atom. The molecule has 1 aliphatic heterocycles. The van der Waals surface area contributed by atoms with Gasteiger partial charge in [-0.2, -0.15) is 0 Å². The number of amides is 1. The SMILES string of the molecule is CN1CCNCC(NC(=O)O)C1. The fourth-order valence-corrected chi connectivity index (χ4v) is 1.35. The van der Waals surface area contributed by atoms with Crippen LogP contribution in [0.3, 0.4) is 0 Å². The molecule has 5 nitrogen and oxygen atoms in total. The van der Waals surface area contributed by atoms with Crippen LogP contribution in [0.2, 0.25) is 0 Å². The van der Waals surface area contributed by atoms with Crippen LogP contribution in [0, 0.1) is 0 Å². The van der Waals surface area contributed by atoms with Crippen molar-refractivity contribution in [2.24, 2.45) is 0 Å². The molecule has 1 rings (SSSR count). The summed E-state index contributed by atoms with van der Waals surface area (Å²) in [4.78, 5) is 12.4. The quantitative estimate of drug-likeness (QED) is 0.483. The molecule has 1 saturated heterocycles. The molecule has 0 aromatic rings. The normalized spacial score (nSPS) is 26.2. The first-order valence-electron chi connectivity index (χ1n) is 4.07. The van der Waals surface area contributed by atoms with Crippen molar-refractivity contribution in [3.8, 4) is 0 Å². The fraction of sp³-hybridized carbons (Fsp3) is 0.857. The van der Waals surface area contributed by atoms with E-state index in [0.717, 1.165) is 26.2 Å². The number of carboxylic acid groups (broad SMARTS) is 1. The molecule has 5 heteroatoms. The molecule has 0 spiro atoms. The first kappa shape index (κ1) is 9.28. The van der Waals surface area contributed by atoms with E-state index >= 15 is 0 Å². The van der Waals surface area contributed by atoms with Gasteiger partial charge in [0.25, 0.3) is 0 Å². The van der Waals surface area contributed by atoms with Crippen LogP contribution in [0.1, 0.15) is 0 Å². The van der Waals surface area contributed by atoms with E-state index in [1.807, 2.05) is 7.05 Å². The Labute approximate surface area is 71.7 Å². The average Bonchev–Trinajstić information content (AvgIpc) is 2.12. The molecule has 0 bridgehead atoms. The molecular formula is C7H15N3O2. The molecule has 3 N–H and O–H groups in total. The van der Waals surface area contributed by atoms with E-state index in [1.54, 1.807) is 0 Å². The lowest BCUT2D eigenvalue weighted by atomic mass is 10.3. The van der Waals surface area contributed by atoms with E-state index in [1.165, 1.54) is 0 Å². The molecule has 0 aliphatic carbocycles. The third kappa shape index (κ3) is 3.06. The number of nitrogens with one attached hydrogen (secondary N) is 2. The van der Waals surface area contributed by atoms with E-state index in [9.17, 15) is 4.79 Å². The molecule has 0 saturated carbocycles. The molecular weight excluding hydrogens is 158 g/mol. The summed E-state index contributed by atoms with van der Waals surface area (Å²) >= 11 is 0. The summed E-state index contributed by atoms with van der Waals surface area (Å²) in [6, 6.07) is 0.00926. The summed E-state index contributed by atoms with van der Waals surface area (Å²) in [6.45, 7) is 3.39. The number of likely N-dealkylation sites (N-methyl/N-ethyl adjacent to an activating group) is 1. The molecule has 12 heavy (non-hydrogen) atoms. The molecule has 0 aromatic heterocycles. The zero-order chi connectivity index (χ0) is 8.97. The van der Waals surface area contributed by atoms with Gasteiger partial charge in [-0.05, 0) is 7.05 Å². The standard InChI is InChI=1S/C7H15N3O2/c1-10-3-2-8-4-6(5-10)9-7(11)12/h6,8-9H,2-5H2,1H3,(H,11,12). The van der Waals surface area contributed by atoms with Crippen molar-refractivity contribution < 1.29 is 9.90 Å². The van der Waals surface area contributed by atoms with Crippen LogP contribution in [0.4, 0.5) is 4.79 Å². The smallest absolute Gasteiger partial charge is 0.404 e. The van der Waals surface area contributed by atoms with Gasteiger partial charge < -0.3 is 20.6 Å². The summed E-state index contributed by atoms with van der Waals surface area (Å²) in [6.07, 6.45) is -0.947. The minimum atomic E-state index is -0.947. The summed E-state index contributed by atoms with van der Waals surface area (Å²) < 4.78 is 0. The Morgan fingerprint density at radius 2 is 2.50 bits per heavy atom. The van der Waals surface area contributed by atoms with Gasteiger partial charge >= 0.3 is 6.09 Å². The van der Waals surface area contributed by atoms with Crippen LogP contribution in [-0.2, 0) is 0 Å². The molecule has 1 atom stereocenters. The van der Waals surface area contributed by atoms with Gasteiger partial charge in [0, 0.05) is 26.2 Å². The van der Waals surface area contributed by atoms with Crippen LogP contribution in [0.15, 0.2) is 0 Å². The highest BCUT2D eigenvalue weighted by Crippen LogP contribution is 1.92. The van der Waals surface area contributed by atoms with Crippen LogP contribution in [-0.4, -0.2) is 55.4 Å². The van der Waals surface area contributed by atoms with Crippen LogP contribution in [0.5, 0.6) is 0 Å². The monoisotopic (exact) mass is 173 g/mol. The highest BCUT2D eigenvalue weighted by atomic mass is 16.4. The van der Waals surface area contributed by atoms with Crippen molar-refractivity contribution in [3.05, 3.63) is 0 Å². The van der Waals surface area contributed by atoms with Crippen molar-refractivity contribution in [2.45, 2.75) is 6.04 Å². The van der Waals surface area contributed by atoms with Gasteiger partial charge in [-0.25, -0.2) is 4.79 Å². The molecule has 1 heterocycles. The van der Waals surface area contributed by atoms with Gasteiger partial charge in [0.2, 0.25) is 0 Å². The molecule has 0 aromatic carbocycles. The second-order valence-corrected chi connectivity index (χ2v) is 3.11. The number of carbonyl (C=O) groups is 1. The van der Waals surface area contributed by atoms with Crippen molar-refractivity contribution in [2.75, 3.05) is 33.2 Å². The van der Waals surface area contributed by atoms with Crippen molar-refractivity contribution in [1.82, 2.24) is 15.5 Å². The predicted octanol–water partition coefficient (Wildman–Crippen LogP) is -0.842. The Hall–Kier alpha value is -0.810. The van der Waals surface area contributed by atoms with E-state index < -0.39 is 6.09 Å². The van der Waals surface area contributed by atoms with Crippen LogP contribution >= 0.6 is 0 Å². The molecule has 1 unspecified atom stereocenters. The lowest BCUT2D eigenvalue weighted by Gasteiger charge is -2.18. The molecule has 1 aliphatic rings.